The zero-order valence-corrected chi connectivity index (χ0v) is 23.2. The van der Waals surface area contributed by atoms with E-state index in [2.05, 4.69) is 73.7 Å². The number of aryl methyl sites for hydroxylation is 2. The molecule has 0 unspecified atom stereocenters. The van der Waals surface area contributed by atoms with Crippen LogP contribution in [0, 0.1) is 17.8 Å². The smallest absolute Gasteiger partial charge is 0.303 e. The Bertz CT molecular complexity index is 849. The summed E-state index contributed by atoms with van der Waals surface area (Å²) in [6.07, 6.45) is 19.8. The van der Waals surface area contributed by atoms with Crippen LogP contribution in [0.3, 0.4) is 0 Å². The number of hydrogen-bond donors (Lipinski definition) is 2. The number of carboxylic acids is 1. The van der Waals surface area contributed by atoms with E-state index in [1.807, 2.05) is 6.07 Å². The molecule has 37 heavy (non-hydrogen) atoms. The van der Waals surface area contributed by atoms with Gasteiger partial charge < -0.3 is 10.8 Å². The number of nitrogens with two attached hydrogens (primary N) is 1. The SMILES string of the molecule is CCCCCCC=CC[C@@H](CCc1ccccc1)CC[C@H](CCN)[C@H](CCc1ccccc1)CC(=O)O. The molecule has 0 aliphatic rings. The second-order valence-corrected chi connectivity index (χ2v) is 10.7. The minimum absolute atomic E-state index is 0.171. The average molecular weight is 506 g/mol. The normalized spacial score (nSPS) is 14.0. The van der Waals surface area contributed by atoms with Crippen LogP contribution in [0.5, 0.6) is 0 Å². The maximum absolute atomic E-state index is 11.8. The molecule has 0 aliphatic heterocycles. The molecule has 3 N–H and O–H groups in total. The van der Waals surface area contributed by atoms with Gasteiger partial charge in [-0.05, 0) is 99.6 Å². The van der Waals surface area contributed by atoms with Gasteiger partial charge in [-0.2, -0.15) is 0 Å². The Hall–Kier alpha value is -2.39. The fourth-order valence-corrected chi connectivity index (χ4v) is 5.50. The molecule has 0 aromatic heterocycles. The average Bonchev–Trinajstić information content (AvgIpc) is 2.91. The minimum atomic E-state index is -0.688. The van der Waals surface area contributed by atoms with Crippen LogP contribution in [0.15, 0.2) is 72.8 Å². The van der Waals surface area contributed by atoms with Crippen LogP contribution in [0.4, 0.5) is 0 Å². The van der Waals surface area contributed by atoms with E-state index in [-0.39, 0.29) is 12.3 Å². The third-order valence-corrected chi connectivity index (χ3v) is 7.78. The first kappa shape index (κ1) is 30.8. The molecule has 0 aliphatic carbocycles. The van der Waals surface area contributed by atoms with Crippen molar-refractivity contribution in [2.75, 3.05) is 6.54 Å². The van der Waals surface area contributed by atoms with Crippen LogP contribution in [0.25, 0.3) is 0 Å². The molecule has 3 heteroatoms. The zero-order valence-electron chi connectivity index (χ0n) is 23.2. The van der Waals surface area contributed by atoms with Gasteiger partial charge in [0.15, 0.2) is 0 Å². The highest BCUT2D eigenvalue weighted by Gasteiger charge is 2.24. The van der Waals surface area contributed by atoms with Gasteiger partial charge >= 0.3 is 5.97 Å². The Kier molecular flexibility index (Phi) is 16.4. The lowest BCUT2D eigenvalue weighted by Crippen LogP contribution is -2.23. The number of benzene rings is 2. The van der Waals surface area contributed by atoms with Crippen molar-refractivity contribution in [2.45, 2.75) is 96.8 Å². The Labute approximate surface area is 226 Å². The lowest BCUT2D eigenvalue weighted by atomic mass is 9.78. The monoisotopic (exact) mass is 505 g/mol. The molecule has 0 saturated carbocycles. The molecule has 0 heterocycles. The molecule has 0 amide bonds. The van der Waals surface area contributed by atoms with Crippen LogP contribution in [0.1, 0.15) is 95.1 Å². The van der Waals surface area contributed by atoms with E-state index < -0.39 is 5.97 Å². The molecule has 0 radical (unpaired) electrons. The maximum Gasteiger partial charge on any atom is 0.303 e. The third kappa shape index (κ3) is 14.2. The van der Waals surface area contributed by atoms with Crippen molar-refractivity contribution in [3.8, 4) is 0 Å². The summed E-state index contributed by atoms with van der Waals surface area (Å²) in [6.45, 7) is 2.88. The fourth-order valence-electron chi connectivity index (χ4n) is 5.50. The van der Waals surface area contributed by atoms with Crippen LogP contribution in [0.2, 0.25) is 0 Å². The third-order valence-electron chi connectivity index (χ3n) is 7.78. The number of hydrogen-bond acceptors (Lipinski definition) is 2. The van der Waals surface area contributed by atoms with Crippen LogP contribution in [-0.4, -0.2) is 17.6 Å². The molecule has 0 bridgehead atoms. The molecular formula is C34H51NO2. The van der Waals surface area contributed by atoms with Crippen LogP contribution >= 0.6 is 0 Å². The van der Waals surface area contributed by atoms with Crippen molar-refractivity contribution in [3.63, 3.8) is 0 Å². The molecule has 2 aromatic rings. The Morgan fingerprint density at radius 2 is 1.43 bits per heavy atom. The Morgan fingerprint density at radius 1 is 0.784 bits per heavy atom. The van der Waals surface area contributed by atoms with E-state index in [0.29, 0.717) is 18.4 Å². The van der Waals surface area contributed by atoms with Crippen LogP contribution < -0.4 is 5.73 Å². The van der Waals surface area contributed by atoms with E-state index in [0.717, 1.165) is 44.9 Å². The summed E-state index contributed by atoms with van der Waals surface area (Å²) in [7, 11) is 0. The van der Waals surface area contributed by atoms with E-state index in [1.54, 1.807) is 0 Å². The van der Waals surface area contributed by atoms with Crippen molar-refractivity contribution >= 4 is 5.97 Å². The summed E-state index contributed by atoms with van der Waals surface area (Å²) in [5, 5.41) is 9.67. The van der Waals surface area contributed by atoms with Crippen molar-refractivity contribution in [1.82, 2.24) is 0 Å². The van der Waals surface area contributed by atoms with Gasteiger partial charge in [-0.25, -0.2) is 0 Å². The van der Waals surface area contributed by atoms with Crippen molar-refractivity contribution < 1.29 is 9.90 Å². The quantitative estimate of drug-likeness (QED) is 0.132. The van der Waals surface area contributed by atoms with Gasteiger partial charge in [-0.15, -0.1) is 0 Å². The van der Waals surface area contributed by atoms with Gasteiger partial charge in [-0.3, -0.25) is 4.79 Å². The van der Waals surface area contributed by atoms with Gasteiger partial charge in [0.05, 0.1) is 0 Å². The molecule has 3 atom stereocenters. The van der Waals surface area contributed by atoms with Gasteiger partial charge in [0.2, 0.25) is 0 Å². The molecule has 0 saturated heterocycles. The summed E-state index contributed by atoms with van der Waals surface area (Å²) in [6, 6.07) is 21.2. The highest BCUT2D eigenvalue weighted by molar-refractivity contribution is 5.67. The van der Waals surface area contributed by atoms with E-state index in [4.69, 9.17) is 5.73 Å². The number of carbonyl (C=O) groups is 1. The number of rotatable bonds is 21. The molecular weight excluding hydrogens is 454 g/mol. The first-order chi connectivity index (χ1) is 18.1. The Balaban J connectivity index is 1.99. The van der Waals surface area contributed by atoms with Gasteiger partial charge in [0.25, 0.3) is 0 Å². The summed E-state index contributed by atoms with van der Waals surface area (Å²) in [4.78, 5) is 11.8. The summed E-state index contributed by atoms with van der Waals surface area (Å²) in [5.41, 5.74) is 8.73. The highest BCUT2D eigenvalue weighted by atomic mass is 16.4. The number of unbranched alkanes of at least 4 members (excludes halogenated alkanes) is 4. The molecule has 204 valence electrons. The van der Waals surface area contributed by atoms with Crippen molar-refractivity contribution in [1.29, 1.82) is 0 Å². The summed E-state index contributed by atoms with van der Waals surface area (Å²) < 4.78 is 0. The lowest BCUT2D eigenvalue weighted by Gasteiger charge is -2.28. The molecule has 3 nitrogen and oxygen atoms in total. The lowest BCUT2D eigenvalue weighted by molar-refractivity contribution is -0.138. The highest BCUT2D eigenvalue weighted by Crippen LogP contribution is 2.32. The number of aliphatic carboxylic acids is 1. The van der Waals surface area contributed by atoms with E-state index in [9.17, 15) is 9.90 Å². The maximum atomic E-state index is 11.8. The van der Waals surface area contributed by atoms with Gasteiger partial charge in [0, 0.05) is 6.42 Å². The minimum Gasteiger partial charge on any atom is -0.481 e. The summed E-state index contributed by atoms with van der Waals surface area (Å²) in [5.74, 6) is 0.464. The topological polar surface area (TPSA) is 63.3 Å². The van der Waals surface area contributed by atoms with Gasteiger partial charge in [-0.1, -0.05) is 99.0 Å². The zero-order chi connectivity index (χ0) is 26.6. The van der Waals surface area contributed by atoms with Crippen molar-refractivity contribution in [2.24, 2.45) is 23.5 Å². The van der Waals surface area contributed by atoms with Crippen LogP contribution in [-0.2, 0) is 17.6 Å². The molecule has 2 rings (SSSR count). The Morgan fingerprint density at radius 3 is 2.03 bits per heavy atom. The largest absolute Gasteiger partial charge is 0.481 e. The van der Waals surface area contributed by atoms with E-state index >= 15 is 0 Å². The second-order valence-electron chi connectivity index (χ2n) is 10.7. The fraction of sp³-hybridized carbons (Fsp3) is 0.559. The standard InChI is InChI=1S/C34H51NO2/c1-2-3-4-5-6-7-10-19-31(21-20-29-15-11-8-12-16-29)22-24-32(26-27-35)33(28-34(36)37)25-23-30-17-13-9-14-18-30/h7-18,31-33H,2-6,19-28,35H2,1H3,(H,36,37)/t31-,32+,33+/m0/s1. The molecule has 0 spiro atoms. The number of carboxylic acid groups (broad SMARTS) is 1. The molecule has 0 fully saturated rings. The first-order valence-electron chi connectivity index (χ1n) is 14.8. The predicted octanol–water partition coefficient (Wildman–Crippen LogP) is 8.62. The second kappa shape index (κ2) is 19.7. The van der Waals surface area contributed by atoms with Crippen molar-refractivity contribution in [3.05, 3.63) is 83.9 Å². The predicted molar refractivity (Wildman–Crippen MR) is 158 cm³/mol. The molecule has 2 aromatic carbocycles. The first-order valence-corrected chi connectivity index (χ1v) is 14.8. The number of allylic oxidation sites excluding steroid dienone is 2. The van der Waals surface area contributed by atoms with E-state index in [1.165, 1.54) is 49.7 Å². The van der Waals surface area contributed by atoms with Gasteiger partial charge in [0.1, 0.15) is 0 Å². The summed E-state index contributed by atoms with van der Waals surface area (Å²) >= 11 is 0.